The number of fused-ring (bicyclic) bond motifs is 3. The maximum Gasteiger partial charge on any atom is 0.350 e. The molecule has 1 aliphatic heterocycles. The zero-order valence-electron chi connectivity index (χ0n) is 12.1. The zero-order valence-corrected chi connectivity index (χ0v) is 12.1. The number of carbonyl (C=O) groups is 2. The van der Waals surface area contributed by atoms with Crippen LogP contribution in [0.1, 0.15) is 26.3 Å². The first-order valence-electron chi connectivity index (χ1n) is 7.23. The summed E-state index contributed by atoms with van der Waals surface area (Å²) in [6, 6.07) is 18.8. The number of benzene rings is 3. The topological polar surface area (TPSA) is 52.6 Å². The van der Waals surface area contributed by atoms with Crippen LogP contribution in [0.25, 0.3) is 10.8 Å². The summed E-state index contributed by atoms with van der Waals surface area (Å²) >= 11 is 0. The van der Waals surface area contributed by atoms with Gasteiger partial charge in [-0.05, 0) is 22.4 Å². The summed E-state index contributed by atoms with van der Waals surface area (Å²) < 4.78 is 10.6. The number of hydrogen-bond donors (Lipinski definition) is 0. The third kappa shape index (κ3) is 2.25. The second-order valence-electron chi connectivity index (χ2n) is 5.30. The SMILES string of the molecule is O=C1OC(=O)c2c1c(OCc1ccccc1)cc1ccccc21. The van der Waals surface area contributed by atoms with E-state index in [9.17, 15) is 9.59 Å². The fourth-order valence-corrected chi connectivity index (χ4v) is 2.77. The average Bonchev–Trinajstić information content (AvgIpc) is 2.89. The van der Waals surface area contributed by atoms with Crippen molar-refractivity contribution in [2.75, 3.05) is 0 Å². The Balaban J connectivity index is 1.82. The summed E-state index contributed by atoms with van der Waals surface area (Å²) in [7, 11) is 0. The van der Waals surface area contributed by atoms with Gasteiger partial charge in [-0.15, -0.1) is 0 Å². The minimum absolute atomic E-state index is 0.213. The molecule has 3 aromatic rings. The van der Waals surface area contributed by atoms with Crippen LogP contribution in [0.3, 0.4) is 0 Å². The molecule has 4 nitrogen and oxygen atoms in total. The molecule has 0 radical (unpaired) electrons. The molecule has 112 valence electrons. The van der Waals surface area contributed by atoms with Crippen molar-refractivity contribution in [1.29, 1.82) is 0 Å². The zero-order chi connectivity index (χ0) is 15.8. The average molecular weight is 304 g/mol. The lowest BCUT2D eigenvalue weighted by atomic mass is 9.99. The molecule has 0 saturated heterocycles. The second kappa shape index (κ2) is 5.25. The summed E-state index contributed by atoms with van der Waals surface area (Å²) in [5, 5.41) is 1.53. The number of rotatable bonds is 3. The summed E-state index contributed by atoms with van der Waals surface area (Å²) in [6.45, 7) is 0.313. The first kappa shape index (κ1) is 13.5. The van der Waals surface area contributed by atoms with E-state index in [4.69, 9.17) is 9.47 Å². The Kier molecular flexibility index (Phi) is 3.08. The predicted molar refractivity (Wildman–Crippen MR) is 84.5 cm³/mol. The van der Waals surface area contributed by atoms with Crippen LogP contribution in [0.5, 0.6) is 5.75 Å². The van der Waals surface area contributed by atoms with E-state index in [-0.39, 0.29) is 11.1 Å². The summed E-state index contributed by atoms with van der Waals surface area (Å²) in [5.74, 6) is -0.899. The van der Waals surface area contributed by atoms with Crippen LogP contribution in [0, 0.1) is 0 Å². The molecule has 0 bridgehead atoms. The Morgan fingerprint density at radius 2 is 1.52 bits per heavy atom. The van der Waals surface area contributed by atoms with Crippen molar-refractivity contribution in [3.05, 3.63) is 77.4 Å². The van der Waals surface area contributed by atoms with Gasteiger partial charge in [0.2, 0.25) is 0 Å². The van der Waals surface area contributed by atoms with Gasteiger partial charge >= 0.3 is 11.9 Å². The van der Waals surface area contributed by atoms with Gasteiger partial charge in [-0.3, -0.25) is 0 Å². The van der Waals surface area contributed by atoms with Crippen LogP contribution in [-0.4, -0.2) is 11.9 Å². The number of hydrogen-bond acceptors (Lipinski definition) is 4. The van der Waals surface area contributed by atoms with E-state index in [1.807, 2.05) is 48.5 Å². The molecule has 0 saturated carbocycles. The fraction of sp³-hybridized carbons (Fsp3) is 0.0526. The number of ether oxygens (including phenoxy) is 2. The monoisotopic (exact) mass is 304 g/mol. The Morgan fingerprint density at radius 1 is 0.826 bits per heavy atom. The molecule has 23 heavy (non-hydrogen) atoms. The minimum Gasteiger partial charge on any atom is -0.488 e. The molecule has 3 aromatic carbocycles. The van der Waals surface area contributed by atoms with Crippen LogP contribution in [-0.2, 0) is 11.3 Å². The Bertz CT molecular complexity index is 929. The number of carbonyl (C=O) groups excluding carboxylic acids is 2. The van der Waals surface area contributed by atoms with E-state index in [1.54, 1.807) is 12.1 Å². The first-order chi connectivity index (χ1) is 11.2. The van der Waals surface area contributed by atoms with E-state index >= 15 is 0 Å². The lowest BCUT2D eigenvalue weighted by molar-refractivity contribution is 0.0443. The molecular weight excluding hydrogens is 292 g/mol. The maximum absolute atomic E-state index is 12.0. The largest absolute Gasteiger partial charge is 0.488 e. The highest BCUT2D eigenvalue weighted by molar-refractivity contribution is 6.22. The molecule has 0 amide bonds. The molecule has 0 atom stereocenters. The molecule has 0 N–H and O–H groups in total. The molecule has 4 rings (SSSR count). The minimum atomic E-state index is -0.654. The molecule has 0 unspecified atom stereocenters. The third-order valence-corrected chi connectivity index (χ3v) is 3.84. The van der Waals surface area contributed by atoms with Crippen molar-refractivity contribution in [3.63, 3.8) is 0 Å². The van der Waals surface area contributed by atoms with Gasteiger partial charge in [-0.2, -0.15) is 0 Å². The smallest absolute Gasteiger partial charge is 0.350 e. The molecule has 0 spiro atoms. The summed E-state index contributed by atoms with van der Waals surface area (Å²) in [5.41, 5.74) is 1.48. The van der Waals surface area contributed by atoms with Crippen molar-refractivity contribution >= 4 is 22.7 Å². The van der Waals surface area contributed by atoms with Gasteiger partial charge in [-0.1, -0.05) is 54.6 Å². The highest BCUT2D eigenvalue weighted by atomic mass is 16.6. The van der Waals surface area contributed by atoms with Crippen molar-refractivity contribution in [2.45, 2.75) is 6.61 Å². The molecule has 1 heterocycles. The van der Waals surface area contributed by atoms with Crippen LogP contribution in [0.15, 0.2) is 60.7 Å². The van der Waals surface area contributed by atoms with Crippen LogP contribution >= 0.6 is 0 Å². The van der Waals surface area contributed by atoms with Crippen LogP contribution in [0.2, 0.25) is 0 Å². The van der Waals surface area contributed by atoms with Crippen LogP contribution < -0.4 is 4.74 Å². The highest BCUT2D eigenvalue weighted by Gasteiger charge is 2.35. The Hall–Kier alpha value is -3.14. The molecular formula is C19H12O4. The van der Waals surface area contributed by atoms with E-state index in [2.05, 4.69) is 0 Å². The van der Waals surface area contributed by atoms with Crippen molar-refractivity contribution in [3.8, 4) is 5.75 Å². The third-order valence-electron chi connectivity index (χ3n) is 3.84. The van der Waals surface area contributed by atoms with E-state index in [0.29, 0.717) is 17.7 Å². The highest BCUT2D eigenvalue weighted by Crippen LogP contribution is 2.36. The molecule has 4 heteroatoms. The lowest BCUT2D eigenvalue weighted by Gasteiger charge is -2.10. The fourth-order valence-electron chi connectivity index (χ4n) is 2.77. The molecule has 0 aliphatic carbocycles. The van der Waals surface area contributed by atoms with Crippen molar-refractivity contribution in [1.82, 2.24) is 0 Å². The van der Waals surface area contributed by atoms with E-state index < -0.39 is 11.9 Å². The van der Waals surface area contributed by atoms with E-state index in [1.165, 1.54) is 0 Å². The number of cyclic esters (lactones) is 2. The van der Waals surface area contributed by atoms with E-state index in [0.717, 1.165) is 10.9 Å². The van der Waals surface area contributed by atoms with Gasteiger partial charge < -0.3 is 9.47 Å². The predicted octanol–water partition coefficient (Wildman–Crippen LogP) is 3.73. The second-order valence-corrected chi connectivity index (χ2v) is 5.30. The summed E-state index contributed by atoms with van der Waals surface area (Å²) in [4.78, 5) is 24.0. The maximum atomic E-state index is 12.0. The van der Waals surface area contributed by atoms with Gasteiger partial charge in [0.15, 0.2) is 0 Å². The normalized spacial score (nSPS) is 13.0. The van der Waals surface area contributed by atoms with Gasteiger partial charge in [0.25, 0.3) is 0 Å². The van der Waals surface area contributed by atoms with Crippen molar-refractivity contribution < 1.29 is 19.1 Å². The molecule has 0 aromatic heterocycles. The van der Waals surface area contributed by atoms with Crippen LogP contribution in [0.4, 0.5) is 0 Å². The van der Waals surface area contributed by atoms with Crippen molar-refractivity contribution in [2.24, 2.45) is 0 Å². The van der Waals surface area contributed by atoms with Gasteiger partial charge in [0.1, 0.15) is 17.9 Å². The molecule has 0 fully saturated rings. The van der Waals surface area contributed by atoms with Gasteiger partial charge in [-0.25, -0.2) is 9.59 Å². The van der Waals surface area contributed by atoms with Gasteiger partial charge in [0, 0.05) is 0 Å². The number of esters is 2. The first-order valence-corrected chi connectivity index (χ1v) is 7.23. The Morgan fingerprint density at radius 3 is 2.35 bits per heavy atom. The standard InChI is InChI=1S/C19H12O4/c20-18-16-14-9-5-4-8-13(14)10-15(17(16)19(21)23-18)22-11-12-6-2-1-3-7-12/h1-10H,11H2. The molecule has 1 aliphatic rings. The van der Waals surface area contributed by atoms with Gasteiger partial charge in [0.05, 0.1) is 5.56 Å². The quantitative estimate of drug-likeness (QED) is 0.546. The summed E-state index contributed by atoms with van der Waals surface area (Å²) in [6.07, 6.45) is 0. The Labute approximate surface area is 132 Å². The lowest BCUT2D eigenvalue weighted by Crippen LogP contribution is -2.02.